The Bertz CT molecular complexity index is 1270. The quantitative estimate of drug-likeness (QED) is 0.219. The van der Waals surface area contributed by atoms with E-state index in [0.717, 1.165) is 22.3 Å². The van der Waals surface area contributed by atoms with Crippen molar-refractivity contribution in [2.45, 2.75) is 57.9 Å². The Morgan fingerprint density at radius 2 is 1.32 bits per heavy atom. The van der Waals surface area contributed by atoms with Crippen LogP contribution in [0.3, 0.4) is 0 Å². The number of carbonyl (C=O) groups excluding carboxylic acids is 2. The fourth-order valence-electron chi connectivity index (χ4n) is 5.70. The van der Waals surface area contributed by atoms with E-state index >= 15 is 0 Å². The highest BCUT2D eigenvalue weighted by molar-refractivity contribution is 7.72. The predicted octanol–water partition coefficient (Wildman–Crippen LogP) is 4.60. The number of benzene rings is 2. The molecule has 0 radical (unpaired) electrons. The zero-order chi connectivity index (χ0) is 29.9. The van der Waals surface area contributed by atoms with Gasteiger partial charge in [-0.2, -0.15) is 0 Å². The lowest BCUT2D eigenvalue weighted by atomic mass is 9.80. The molecule has 1 aliphatic carbocycles. The molecule has 13 heteroatoms. The molecule has 0 aromatic heterocycles. The van der Waals surface area contributed by atoms with Crippen molar-refractivity contribution >= 4 is 27.2 Å². The molecule has 1 aliphatic rings. The topological polar surface area (TPSA) is 174 Å². The van der Waals surface area contributed by atoms with Gasteiger partial charge in [0.05, 0.1) is 5.41 Å². The molecule has 0 aliphatic heterocycles. The molecule has 0 fully saturated rings. The van der Waals surface area contributed by atoms with Gasteiger partial charge in [-0.15, -0.1) is 0 Å². The smallest absolute Gasteiger partial charge is 0.407 e. The van der Waals surface area contributed by atoms with Crippen molar-refractivity contribution in [3.8, 4) is 11.1 Å². The van der Waals surface area contributed by atoms with Gasteiger partial charge in [0.15, 0.2) is 0 Å². The van der Waals surface area contributed by atoms with Gasteiger partial charge < -0.3 is 34.5 Å². The van der Waals surface area contributed by atoms with Crippen molar-refractivity contribution in [3.63, 3.8) is 0 Å². The van der Waals surface area contributed by atoms with E-state index in [-0.39, 0.29) is 38.5 Å². The third-order valence-electron chi connectivity index (χ3n) is 8.12. The summed E-state index contributed by atoms with van der Waals surface area (Å²) in [4.78, 5) is 67.7. The third-order valence-corrected chi connectivity index (χ3v) is 12.7. The third kappa shape index (κ3) is 5.51. The minimum Gasteiger partial charge on any atom is -0.449 e. The molecule has 0 atom stereocenters. The first-order valence-corrected chi connectivity index (χ1v) is 16.5. The van der Waals surface area contributed by atoms with Crippen LogP contribution in [0.2, 0.25) is 0 Å². The van der Waals surface area contributed by atoms with Crippen LogP contribution in [0, 0.1) is 5.41 Å². The lowest BCUT2D eigenvalue weighted by Crippen LogP contribution is -2.58. The molecule has 0 saturated heterocycles. The van der Waals surface area contributed by atoms with Crippen LogP contribution in [0.25, 0.3) is 11.1 Å². The summed E-state index contributed by atoms with van der Waals surface area (Å²) in [5, 5.41) is -0.415. The van der Waals surface area contributed by atoms with Crippen LogP contribution in [-0.4, -0.2) is 61.2 Å². The van der Waals surface area contributed by atoms with Crippen molar-refractivity contribution in [2.75, 3.05) is 19.7 Å². The number of nitrogens with one attached hydrogen (secondary N) is 1. The standard InChI is InChI=1S/C27H38N2O9P2/c1-5-26(6-2,24(30)29(8-4)27(7-3,39(32,33)34)40(35,36)37)18-28-25(31)38-17-23-21-15-11-9-13-19(21)20-14-10-12-16-22(20)23/h9-16,23H,5-8,17-18H2,1-4H3,(H,28,31)(H2,32,33,34)(H2,35,36,37). The number of rotatable bonds is 12. The number of hydrogen-bond donors (Lipinski definition) is 5. The fraction of sp³-hybridized carbons (Fsp3) is 0.481. The molecule has 0 unspecified atom stereocenters. The minimum atomic E-state index is -5.53. The average molecular weight is 597 g/mol. The van der Waals surface area contributed by atoms with Crippen LogP contribution in [0.4, 0.5) is 4.79 Å². The number of ether oxygens (including phenoxy) is 1. The molecule has 5 N–H and O–H groups in total. The van der Waals surface area contributed by atoms with Gasteiger partial charge in [0, 0.05) is 19.0 Å². The Labute approximate surface area is 234 Å². The van der Waals surface area contributed by atoms with Gasteiger partial charge in [-0.05, 0) is 48.4 Å². The number of hydrogen-bond acceptors (Lipinski definition) is 5. The molecule has 11 nitrogen and oxygen atoms in total. The predicted molar refractivity (Wildman–Crippen MR) is 151 cm³/mol. The zero-order valence-electron chi connectivity index (χ0n) is 23.1. The summed E-state index contributed by atoms with van der Waals surface area (Å²) in [5.41, 5.74) is 2.82. The lowest BCUT2D eigenvalue weighted by Gasteiger charge is -2.46. The van der Waals surface area contributed by atoms with Crippen molar-refractivity contribution in [1.82, 2.24) is 10.2 Å². The van der Waals surface area contributed by atoms with Crippen LogP contribution < -0.4 is 5.32 Å². The van der Waals surface area contributed by atoms with E-state index in [1.54, 1.807) is 13.8 Å². The molecule has 40 heavy (non-hydrogen) atoms. The number of amides is 2. The Balaban J connectivity index is 1.80. The average Bonchev–Trinajstić information content (AvgIpc) is 3.23. The number of alkyl carbamates (subject to hydrolysis) is 1. The molecular formula is C27H38N2O9P2. The normalized spacial score (nSPS) is 13.9. The Hall–Kier alpha value is -2.52. The second kappa shape index (κ2) is 12.1. The van der Waals surface area contributed by atoms with Gasteiger partial charge in [-0.3, -0.25) is 13.9 Å². The molecule has 0 saturated carbocycles. The second-order valence-electron chi connectivity index (χ2n) is 9.93. The largest absolute Gasteiger partial charge is 0.449 e. The van der Waals surface area contributed by atoms with Gasteiger partial charge in [-0.25, -0.2) is 4.79 Å². The van der Waals surface area contributed by atoms with E-state index in [9.17, 15) is 38.3 Å². The van der Waals surface area contributed by atoms with Crippen molar-refractivity contribution in [1.29, 1.82) is 0 Å². The summed E-state index contributed by atoms with van der Waals surface area (Å²) >= 11 is 0. The summed E-state index contributed by atoms with van der Waals surface area (Å²) < 4.78 is 30.6. The molecule has 0 heterocycles. The molecule has 2 aromatic carbocycles. The Morgan fingerprint density at radius 1 is 0.850 bits per heavy atom. The van der Waals surface area contributed by atoms with E-state index in [1.807, 2.05) is 48.5 Å². The van der Waals surface area contributed by atoms with Gasteiger partial charge in [0.2, 0.25) is 10.9 Å². The van der Waals surface area contributed by atoms with Gasteiger partial charge in [-0.1, -0.05) is 69.3 Å². The van der Waals surface area contributed by atoms with Gasteiger partial charge >= 0.3 is 21.3 Å². The molecule has 3 rings (SSSR count). The Kier molecular flexibility index (Phi) is 9.72. The van der Waals surface area contributed by atoms with E-state index < -0.39 is 44.0 Å². The molecule has 2 amide bonds. The summed E-state index contributed by atoms with van der Waals surface area (Å²) in [7, 11) is -11.1. The van der Waals surface area contributed by atoms with E-state index in [4.69, 9.17) is 4.74 Å². The maximum atomic E-state index is 13.9. The maximum absolute atomic E-state index is 13.9. The van der Waals surface area contributed by atoms with Crippen molar-refractivity contribution in [2.24, 2.45) is 5.41 Å². The summed E-state index contributed by atoms with van der Waals surface area (Å²) in [5.74, 6) is -1.04. The summed E-state index contributed by atoms with van der Waals surface area (Å²) in [6, 6.07) is 15.7. The minimum absolute atomic E-state index is 0.0511. The number of fused-ring (bicyclic) bond motifs is 3. The summed E-state index contributed by atoms with van der Waals surface area (Å²) in [6.07, 6.45) is -1.20. The zero-order valence-corrected chi connectivity index (χ0v) is 24.9. The second-order valence-corrected chi connectivity index (χ2v) is 13.9. The first-order chi connectivity index (χ1) is 18.7. The number of carbonyl (C=O) groups is 2. The molecule has 220 valence electrons. The number of nitrogens with zero attached hydrogens (tertiary/aromatic N) is 1. The van der Waals surface area contributed by atoms with Crippen molar-refractivity contribution < 1.29 is 43.0 Å². The molecular weight excluding hydrogens is 558 g/mol. The highest BCUT2D eigenvalue weighted by Gasteiger charge is 2.65. The van der Waals surface area contributed by atoms with Crippen LogP contribution in [0.5, 0.6) is 0 Å². The molecule has 0 spiro atoms. The Morgan fingerprint density at radius 3 is 1.73 bits per heavy atom. The van der Waals surface area contributed by atoms with Crippen LogP contribution in [0.15, 0.2) is 48.5 Å². The van der Waals surface area contributed by atoms with E-state index in [1.165, 1.54) is 13.8 Å². The van der Waals surface area contributed by atoms with E-state index in [2.05, 4.69) is 5.32 Å². The van der Waals surface area contributed by atoms with Gasteiger partial charge in [0.25, 0.3) is 0 Å². The monoisotopic (exact) mass is 596 g/mol. The summed E-state index contributed by atoms with van der Waals surface area (Å²) in [6.45, 7) is 5.36. The highest BCUT2D eigenvalue weighted by Crippen LogP contribution is 2.72. The molecule has 2 aromatic rings. The highest BCUT2D eigenvalue weighted by atomic mass is 31.2. The lowest BCUT2D eigenvalue weighted by molar-refractivity contribution is -0.145. The molecule has 0 bridgehead atoms. The van der Waals surface area contributed by atoms with Crippen molar-refractivity contribution in [3.05, 3.63) is 59.7 Å². The van der Waals surface area contributed by atoms with E-state index in [0.29, 0.717) is 4.90 Å². The van der Waals surface area contributed by atoms with Crippen LogP contribution in [-0.2, 0) is 18.7 Å². The first kappa shape index (κ1) is 32.0. The SMILES string of the molecule is CCN(C(=O)C(CC)(CC)CNC(=O)OCC1c2ccccc2-c2ccccc21)C(CC)(P(=O)(O)O)P(=O)(O)O. The van der Waals surface area contributed by atoms with Crippen LogP contribution in [0.1, 0.15) is 64.0 Å². The fourth-order valence-corrected chi connectivity index (χ4v) is 8.98. The van der Waals surface area contributed by atoms with Gasteiger partial charge in [0.1, 0.15) is 6.61 Å². The first-order valence-electron chi connectivity index (χ1n) is 13.3. The maximum Gasteiger partial charge on any atom is 0.407 e. The van der Waals surface area contributed by atoms with Crippen LogP contribution >= 0.6 is 15.2 Å².